The van der Waals surface area contributed by atoms with Gasteiger partial charge in [-0.2, -0.15) is 0 Å². The van der Waals surface area contributed by atoms with E-state index < -0.39 is 0 Å². The first-order valence-electron chi connectivity index (χ1n) is 9.23. The summed E-state index contributed by atoms with van der Waals surface area (Å²) in [5.41, 5.74) is 1.33. The SMILES string of the molecule is C=CC(=O)N1CCCC(Oc2cnc3[nH]cc(C(=O)N[C@@H](C)COC)c3n2)C1. The summed E-state index contributed by atoms with van der Waals surface area (Å²) in [7, 11) is 1.58. The van der Waals surface area contributed by atoms with Gasteiger partial charge in [-0.3, -0.25) is 9.59 Å². The van der Waals surface area contributed by atoms with Gasteiger partial charge in [0.15, 0.2) is 5.65 Å². The van der Waals surface area contributed by atoms with Crippen molar-refractivity contribution < 1.29 is 19.1 Å². The van der Waals surface area contributed by atoms with Crippen LogP contribution in [0.1, 0.15) is 30.1 Å². The second-order valence-corrected chi connectivity index (χ2v) is 6.81. The summed E-state index contributed by atoms with van der Waals surface area (Å²) in [6.45, 7) is 6.96. The summed E-state index contributed by atoms with van der Waals surface area (Å²) < 4.78 is 11.0. The van der Waals surface area contributed by atoms with Crippen molar-refractivity contribution in [1.82, 2.24) is 25.2 Å². The molecule has 1 saturated heterocycles. The first-order chi connectivity index (χ1) is 13.5. The smallest absolute Gasteiger partial charge is 0.255 e. The molecule has 150 valence electrons. The number of rotatable bonds is 7. The molecule has 9 nitrogen and oxygen atoms in total. The summed E-state index contributed by atoms with van der Waals surface area (Å²) in [4.78, 5) is 37.7. The van der Waals surface area contributed by atoms with Gasteiger partial charge in [-0.05, 0) is 25.8 Å². The molecular formula is C19H25N5O4. The van der Waals surface area contributed by atoms with Crippen molar-refractivity contribution in [2.24, 2.45) is 0 Å². The van der Waals surface area contributed by atoms with E-state index in [1.165, 1.54) is 12.3 Å². The number of carbonyl (C=O) groups excluding carboxylic acids is 2. The van der Waals surface area contributed by atoms with Crippen LogP contribution in [0.25, 0.3) is 11.2 Å². The van der Waals surface area contributed by atoms with E-state index in [4.69, 9.17) is 9.47 Å². The van der Waals surface area contributed by atoms with Gasteiger partial charge >= 0.3 is 0 Å². The Bertz CT molecular complexity index is 865. The quantitative estimate of drug-likeness (QED) is 0.693. The molecule has 2 amide bonds. The monoisotopic (exact) mass is 387 g/mol. The fourth-order valence-electron chi connectivity index (χ4n) is 3.23. The zero-order chi connectivity index (χ0) is 20.1. The maximum absolute atomic E-state index is 12.5. The van der Waals surface area contributed by atoms with Crippen LogP contribution in [-0.4, -0.2) is 70.6 Å². The predicted molar refractivity (Wildman–Crippen MR) is 103 cm³/mol. The number of amides is 2. The number of ether oxygens (including phenoxy) is 2. The van der Waals surface area contributed by atoms with E-state index in [1.807, 2.05) is 6.92 Å². The second kappa shape index (κ2) is 8.83. The van der Waals surface area contributed by atoms with Crippen molar-refractivity contribution >= 4 is 23.0 Å². The molecule has 1 aliphatic rings. The summed E-state index contributed by atoms with van der Waals surface area (Å²) in [6, 6.07) is -0.134. The molecule has 2 aromatic heterocycles. The van der Waals surface area contributed by atoms with E-state index in [0.29, 0.717) is 42.3 Å². The summed E-state index contributed by atoms with van der Waals surface area (Å²) in [5, 5.41) is 2.85. The summed E-state index contributed by atoms with van der Waals surface area (Å²) >= 11 is 0. The number of likely N-dealkylation sites (tertiary alicyclic amines) is 1. The van der Waals surface area contributed by atoms with Crippen molar-refractivity contribution in [2.75, 3.05) is 26.8 Å². The van der Waals surface area contributed by atoms with Crippen molar-refractivity contribution in [1.29, 1.82) is 0 Å². The topological polar surface area (TPSA) is 109 Å². The van der Waals surface area contributed by atoms with Gasteiger partial charge in [0.2, 0.25) is 11.8 Å². The van der Waals surface area contributed by atoms with E-state index >= 15 is 0 Å². The number of methoxy groups -OCH3 is 1. The van der Waals surface area contributed by atoms with E-state index in [9.17, 15) is 9.59 Å². The maximum atomic E-state index is 12.5. The molecular weight excluding hydrogens is 362 g/mol. The number of fused-ring (bicyclic) bond motifs is 1. The Morgan fingerprint density at radius 1 is 1.54 bits per heavy atom. The standard InChI is InChI=1S/C19H25N5O4/c1-4-16(25)24-7-5-6-13(10-24)28-15-9-21-18-17(23-15)14(8-20-18)19(26)22-12(2)11-27-3/h4,8-9,12-13H,1,5-7,10-11H2,2-3H3,(H,20,21)(H,22,26)/t12-,13?/m0/s1. The molecule has 2 atom stereocenters. The first kappa shape index (κ1) is 19.8. The number of hydrogen-bond acceptors (Lipinski definition) is 6. The number of carbonyl (C=O) groups is 2. The van der Waals surface area contributed by atoms with Gasteiger partial charge in [0.25, 0.3) is 5.91 Å². The molecule has 0 aromatic carbocycles. The normalized spacial score (nSPS) is 17.9. The molecule has 1 aliphatic heterocycles. The molecule has 0 radical (unpaired) electrons. The van der Waals surface area contributed by atoms with Crippen molar-refractivity contribution in [3.8, 4) is 5.88 Å². The van der Waals surface area contributed by atoms with Crippen LogP contribution in [0.3, 0.4) is 0 Å². The first-order valence-corrected chi connectivity index (χ1v) is 9.23. The predicted octanol–water partition coefficient (Wildman–Crippen LogP) is 1.28. The minimum absolute atomic E-state index is 0.107. The Labute approximate surface area is 163 Å². The lowest BCUT2D eigenvalue weighted by Crippen LogP contribution is -2.43. The summed E-state index contributed by atoms with van der Waals surface area (Å²) in [6.07, 6.45) is 5.88. The third-order valence-electron chi connectivity index (χ3n) is 4.55. The molecule has 1 fully saturated rings. The van der Waals surface area contributed by atoms with Gasteiger partial charge in [-0.15, -0.1) is 0 Å². The Kier molecular flexibility index (Phi) is 6.25. The number of nitrogens with one attached hydrogen (secondary N) is 2. The van der Waals surface area contributed by atoms with Crippen LogP contribution in [0.4, 0.5) is 0 Å². The molecule has 2 N–H and O–H groups in total. The van der Waals surface area contributed by atoms with Gasteiger partial charge in [-0.1, -0.05) is 6.58 Å². The molecule has 0 bridgehead atoms. The average molecular weight is 387 g/mol. The number of piperidine rings is 1. The molecule has 1 unspecified atom stereocenters. The minimum atomic E-state index is -0.261. The lowest BCUT2D eigenvalue weighted by Gasteiger charge is -2.31. The van der Waals surface area contributed by atoms with Crippen molar-refractivity contribution in [2.45, 2.75) is 31.9 Å². The van der Waals surface area contributed by atoms with Gasteiger partial charge in [-0.25, -0.2) is 9.97 Å². The molecule has 3 heterocycles. The molecule has 2 aromatic rings. The minimum Gasteiger partial charge on any atom is -0.471 e. The molecule has 0 aliphatic carbocycles. The van der Waals surface area contributed by atoms with Gasteiger partial charge in [0, 0.05) is 25.9 Å². The lowest BCUT2D eigenvalue weighted by molar-refractivity contribution is -0.128. The fourth-order valence-corrected chi connectivity index (χ4v) is 3.23. The van der Waals surface area contributed by atoms with Gasteiger partial charge in [0.05, 0.1) is 24.9 Å². The van der Waals surface area contributed by atoms with E-state index in [2.05, 4.69) is 26.8 Å². The highest BCUT2D eigenvalue weighted by atomic mass is 16.5. The summed E-state index contributed by atoms with van der Waals surface area (Å²) in [5.74, 6) is -0.0451. The Morgan fingerprint density at radius 3 is 3.11 bits per heavy atom. The molecule has 9 heteroatoms. The van der Waals surface area contributed by atoms with E-state index in [-0.39, 0.29) is 24.0 Å². The molecule has 28 heavy (non-hydrogen) atoms. The average Bonchev–Trinajstić information content (AvgIpc) is 3.11. The van der Waals surface area contributed by atoms with E-state index in [0.717, 1.165) is 12.8 Å². The zero-order valence-corrected chi connectivity index (χ0v) is 16.1. The Hall–Kier alpha value is -2.94. The number of aromatic amines is 1. The third kappa shape index (κ3) is 4.48. The highest BCUT2D eigenvalue weighted by molar-refractivity contribution is 6.04. The van der Waals surface area contributed by atoms with Crippen LogP contribution in [0.5, 0.6) is 5.88 Å². The zero-order valence-electron chi connectivity index (χ0n) is 16.1. The number of aromatic nitrogens is 3. The highest BCUT2D eigenvalue weighted by Crippen LogP contribution is 2.21. The highest BCUT2D eigenvalue weighted by Gasteiger charge is 2.24. The number of H-pyrrole nitrogens is 1. The molecule has 0 spiro atoms. The largest absolute Gasteiger partial charge is 0.471 e. The van der Waals surface area contributed by atoms with E-state index in [1.54, 1.807) is 18.2 Å². The van der Waals surface area contributed by atoms with Crippen LogP contribution in [0.2, 0.25) is 0 Å². The Balaban J connectivity index is 1.74. The van der Waals surface area contributed by atoms with Crippen LogP contribution >= 0.6 is 0 Å². The lowest BCUT2D eigenvalue weighted by atomic mass is 10.1. The van der Waals surface area contributed by atoms with Gasteiger partial charge in [0.1, 0.15) is 11.6 Å². The maximum Gasteiger partial charge on any atom is 0.255 e. The fraction of sp³-hybridized carbons (Fsp3) is 0.474. The van der Waals surface area contributed by atoms with Crippen LogP contribution < -0.4 is 10.1 Å². The van der Waals surface area contributed by atoms with Crippen LogP contribution in [-0.2, 0) is 9.53 Å². The van der Waals surface area contributed by atoms with Crippen molar-refractivity contribution in [3.63, 3.8) is 0 Å². The Morgan fingerprint density at radius 2 is 2.36 bits per heavy atom. The molecule has 0 saturated carbocycles. The number of nitrogens with zero attached hydrogens (tertiary/aromatic N) is 3. The van der Waals surface area contributed by atoms with Crippen LogP contribution in [0, 0.1) is 0 Å². The second-order valence-electron chi connectivity index (χ2n) is 6.81. The molecule has 3 rings (SSSR count). The van der Waals surface area contributed by atoms with Crippen LogP contribution in [0.15, 0.2) is 25.0 Å². The van der Waals surface area contributed by atoms with Gasteiger partial charge < -0.3 is 24.7 Å². The third-order valence-corrected chi connectivity index (χ3v) is 4.55. The van der Waals surface area contributed by atoms with Crippen molar-refractivity contribution in [3.05, 3.63) is 30.6 Å². The number of hydrogen-bond donors (Lipinski definition) is 2.